The van der Waals surface area contributed by atoms with Crippen LogP contribution in [0.5, 0.6) is 11.5 Å². The van der Waals surface area contributed by atoms with Crippen LogP contribution in [0, 0.1) is 18.3 Å². The van der Waals surface area contributed by atoms with E-state index in [0.29, 0.717) is 29.6 Å². The summed E-state index contributed by atoms with van der Waals surface area (Å²) in [5, 5.41) is 13.3. The molecule has 5 aromatic rings. The molecule has 4 heterocycles. The minimum absolute atomic E-state index is 0.442. The number of pyridine rings is 1. The number of rotatable bonds is 11. The minimum Gasteiger partial charge on any atom is -0.495 e. The van der Waals surface area contributed by atoms with E-state index in [0.717, 1.165) is 50.3 Å². The zero-order valence-electron chi connectivity index (χ0n) is 22.3. The Morgan fingerprint density at radius 2 is 2.05 bits per heavy atom. The SMILES string of the molecule is COc1cncc(-c2c(-c3ccnc(Nc4cccc(OCCCn5cnc(C)c5)c4)n3)sc(SC)c2C#N)c1. The molecule has 202 valence electrons. The van der Waals surface area contributed by atoms with Crippen LogP contribution in [0.4, 0.5) is 11.6 Å². The van der Waals surface area contributed by atoms with Crippen LogP contribution in [-0.2, 0) is 6.54 Å². The fourth-order valence-corrected chi connectivity index (χ4v) is 6.06. The van der Waals surface area contributed by atoms with Crippen LogP contribution in [0.25, 0.3) is 21.7 Å². The number of methoxy groups -OCH3 is 1. The Labute approximate surface area is 240 Å². The molecule has 11 heteroatoms. The number of imidazole rings is 1. The highest BCUT2D eigenvalue weighted by atomic mass is 32.2. The maximum absolute atomic E-state index is 10.0. The molecule has 0 saturated heterocycles. The molecule has 40 heavy (non-hydrogen) atoms. The van der Waals surface area contributed by atoms with Crippen LogP contribution < -0.4 is 14.8 Å². The molecule has 0 aliphatic carbocycles. The molecule has 0 aliphatic heterocycles. The van der Waals surface area contributed by atoms with Gasteiger partial charge in [-0.15, -0.1) is 23.1 Å². The van der Waals surface area contributed by atoms with Crippen molar-refractivity contribution in [3.05, 3.63) is 78.8 Å². The van der Waals surface area contributed by atoms with Gasteiger partial charge in [0.15, 0.2) is 0 Å². The first-order valence-electron chi connectivity index (χ1n) is 12.5. The first-order chi connectivity index (χ1) is 19.6. The van der Waals surface area contributed by atoms with Gasteiger partial charge in [0.05, 0.1) is 52.3 Å². The van der Waals surface area contributed by atoms with Crippen LogP contribution in [0.15, 0.2) is 71.7 Å². The summed E-state index contributed by atoms with van der Waals surface area (Å²) in [5.74, 6) is 1.82. The lowest BCUT2D eigenvalue weighted by Crippen LogP contribution is -2.03. The van der Waals surface area contributed by atoms with Gasteiger partial charge in [-0.05, 0) is 43.9 Å². The predicted molar refractivity (Wildman–Crippen MR) is 158 cm³/mol. The number of thiophene rings is 1. The number of anilines is 2. The van der Waals surface area contributed by atoms with Crippen molar-refractivity contribution in [3.63, 3.8) is 0 Å². The number of hydrogen-bond acceptors (Lipinski definition) is 10. The summed E-state index contributed by atoms with van der Waals surface area (Å²) in [6.07, 6.45) is 11.8. The van der Waals surface area contributed by atoms with E-state index in [2.05, 4.69) is 30.9 Å². The second kappa shape index (κ2) is 12.6. The van der Waals surface area contributed by atoms with Gasteiger partial charge < -0.3 is 19.4 Å². The van der Waals surface area contributed by atoms with E-state index in [1.807, 2.05) is 62.1 Å². The summed E-state index contributed by atoms with van der Waals surface area (Å²) < 4.78 is 14.3. The molecule has 0 aliphatic rings. The summed E-state index contributed by atoms with van der Waals surface area (Å²) >= 11 is 3.07. The number of hydrogen-bond donors (Lipinski definition) is 1. The van der Waals surface area contributed by atoms with E-state index in [-0.39, 0.29) is 0 Å². The predicted octanol–water partition coefficient (Wildman–Crippen LogP) is 6.59. The van der Waals surface area contributed by atoms with Crippen LogP contribution in [0.1, 0.15) is 17.7 Å². The Kier molecular flexibility index (Phi) is 8.59. The Bertz CT molecular complexity index is 1660. The van der Waals surface area contributed by atoms with Gasteiger partial charge in [0, 0.05) is 48.0 Å². The van der Waals surface area contributed by atoms with Gasteiger partial charge in [-0.2, -0.15) is 5.26 Å². The number of nitriles is 1. The lowest BCUT2D eigenvalue weighted by Gasteiger charge is -2.10. The molecule has 9 nitrogen and oxygen atoms in total. The molecule has 0 saturated carbocycles. The third-order valence-corrected chi connectivity index (χ3v) is 8.31. The number of thioether (sulfide) groups is 1. The van der Waals surface area contributed by atoms with E-state index in [9.17, 15) is 5.26 Å². The molecule has 1 N–H and O–H groups in total. The van der Waals surface area contributed by atoms with E-state index in [1.165, 1.54) is 23.1 Å². The summed E-state index contributed by atoms with van der Waals surface area (Å²) in [4.78, 5) is 18.7. The smallest absolute Gasteiger partial charge is 0.227 e. The summed E-state index contributed by atoms with van der Waals surface area (Å²) in [6, 6.07) is 13.8. The molecule has 0 spiro atoms. The van der Waals surface area contributed by atoms with Crippen molar-refractivity contribution in [1.82, 2.24) is 24.5 Å². The lowest BCUT2D eigenvalue weighted by atomic mass is 10.0. The highest BCUT2D eigenvalue weighted by molar-refractivity contribution is 8.00. The van der Waals surface area contributed by atoms with Crippen molar-refractivity contribution in [2.75, 3.05) is 25.3 Å². The Morgan fingerprint density at radius 1 is 1.15 bits per heavy atom. The van der Waals surface area contributed by atoms with Crippen LogP contribution >= 0.6 is 23.1 Å². The summed E-state index contributed by atoms with van der Waals surface area (Å²) in [7, 11) is 1.60. The molecule has 0 unspecified atom stereocenters. The molecule has 5 rings (SSSR count). The fraction of sp³-hybridized carbons (Fsp3) is 0.207. The van der Waals surface area contributed by atoms with Crippen molar-refractivity contribution >= 4 is 34.7 Å². The van der Waals surface area contributed by atoms with E-state index < -0.39 is 0 Å². The Balaban J connectivity index is 1.35. The maximum Gasteiger partial charge on any atom is 0.227 e. The molecular formula is C29H27N7O2S2. The minimum atomic E-state index is 0.442. The first kappa shape index (κ1) is 27.2. The molecule has 1 aromatic carbocycles. The normalized spacial score (nSPS) is 10.8. The van der Waals surface area contributed by atoms with Crippen molar-refractivity contribution < 1.29 is 9.47 Å². The maximum atomic E-state index is 10.0. The summed E-state index contributed by atoms with van der Waals surface area (Å²) in [6.45, 7) is 3.42. The first-order valence-corrected chi connectivity index (χ1v) is 14.5. The molecule has 0 amide bonds. The standard InChI is InChI=1S/C29H27N7O2S2/c1-19-17-36(18-33-19)10-5-11-38-22-7-4-6-21(13-22)34-29-32-9-8-25(35-29)27-26(24(14-30)28(39-3)40-27)20-12-23(37-2)16-31-15-20/h4,6-9,12-13,15-18H,5,10-11H2,1-3H3,(H,32,34,35). The monoisotopic (exact) mass is 569 g/mol. The highest BCUT2D eigenvalue weighted by Crippen LogP contribution is 2.46. The van der Waals surface area contributed by atoms with Crippen LogP contribution in [0.2, 0.25) is 0 Å². The average molecular weight is 570 g/mol. The number of nitrogens with one attached hydrogen (secondary N) is 1. The second-order valence-corrected chi connectivity index (χ2v) is 10.9. The van der Waals surface area contributed by atoms with Crippen molar-refractivity contribution in [3.8, 4) is 39.3 Å². The Hall–Kier alpha value is -4.40. The van der Waals surface area contributed by atoms with Gasteiger partial charge in [-0.1, -0.05) is 6.07 Å². The zero-order chi connectivity index (χ0) is 27.9. The molecule has 0 fully saturated rings. The topological polar surface area (TPSA) is 111 Å². The van der Waals surface area contributed by atoms with Crippen molar-refractivity contribution in [2.45, 2.75) is 24.1 Å². The Morgan fingerprint density at radius 3 is 2.83 bits per heavy atom. The number of ether oxygens (including phenoxy) is 2. The average Bonchev–Trinajstić information content (AvgIpc) is 3.58. The summed E-state index contributed by atoms with van der Waals surface area (Å²) in [5.41, 5.74) is 4.71. The van der Waals surface area contributed by atoms with E-state index in [1.54, 1.807) is 25.7 Å². The number of aromatic nitrogens is 5. The molecule has 0 bridgehead atoms. The lowest BCUT2D eigenvalue weighted by molar-refractivity contribution is 0.302. The van der Waals surface area contributed by atoms with Crippen LogP contribution in [0.3, 0.4) is 0 Å². The molecule has 0 radical (unpaired) electrons. The largest absolute Gasteiger partial charge is 0.495 e. The van der Waals surface area contributed by atoms with Crippen LogP contribution in [-0.4, -0.2) is 44.5 Å². The molecular weight excluding hydrogens is 543 g/mol. The third kappa shape index (κ3) is 6.25. The van der Waals surface area contributed by atoms with Gasteiger partial charge in [0.2, 0.25) is 5.95 Å². The van der Waals surface area contributed by atoms with Gasteiger partial charge in [-0.25, -0.2) is 15.0 Å². The zero-order valence-corrected chi connectivity index (χ0v) is 23.9. The van der Waals surface area contributed by atoms with Gasteiger partial charge in [0.1, 0.15) is 17.6 Å². The van der Waals surface area contributed by atoms with E-state index >= 15 is 0 Å². The number of aryl methyl sites for hydroxylation is 2. The van der Waals surface area contributed by atoms with E-state index in [4.69, 9.17) is 14.5 Å². The quantitative estimate of drug-likeness (QED) is 0.139. The third-order valence-electron chi connectivity index (χ3n) is 5.98. The highest BCUT2D eigenvalue weighted by Gasteiger charge is 2.22. The molecule has 4 aromatic heterocycles. The number of benzene rings is 1. The van der Waals surface area contributed by atoms with Gasteiger partial charge in [-0.3, -0.25) is 4.98 Å². The second-order valence-electron chi connectivity index (χ2n) is 8.77. The van der Waals surface area contributed by atoms with Gasteiger partial charge >= 0.3 is 0 Å². The van der Waals surface area contributed by atoms with Gasteiger partial charge in [0.25, 0.3) is 0 Å². The van der Waals surface area contributed by atoms with Crippen molar-refractivity contribution in [1.29, 1.82) is 5.26 Å². The van der Waals surface area contributed by atoms with Crippen molar-refractivity contribution in [2.24, 2.45) is 0 Å². The molecule has 0 atom stereocenters. The fourth-order valence-electron chi connectivity index (χ4n) is 4.15. The number of nitrogens with zero attached hydrogens (tertiary/aromatic N) is 6.